The standard InChI is InChI=1S/C19H14F3N3O3/c1-11-15(18(28)25(24-11)14-8-3-2-4-9-14)16(26)17(27)23-13-7-5-6-12(10-13)19(20,21)22/h2-10,15H,1H3,(H,23,27)/t15-/m1/s1. The predicted octanol–water partition coefficient (Wildman–Crippen LogP) is 3.25. The number of Topliss-reactive ketones (excluding diaryl/α,β-unsaturated/α-hetero) is 1. The first-order valence-electron chi connectivity index (χ1n) is 8.15. The molecule has 28 heavy (non-hydrogen) atoms. The van der Waals surface area contributed by atoms with Crippen molar-refractivity contribution in [1.29, 1.82) is 0 Å². The predicted molar refractivity (Wildman–Crippen MR) is 95.6 cm³/mol. The summed E-state index contributed by atoms with van der Waals surface area (Å²) in [7, 11) is 0. The summed E-state index contributed by atoms with van der Waals surface area (Å²) in [4.78, 5) is 37.3. The molecule has 0 aliphatic carbocycles. The van der Waals surface area contributed by atoms with Crippen LogP contribution >= 0.6 is 0 Å². The summed E-state index contributed by atoms with van der Waals surface area (Å²) in [5.41, 5.74) is -0.616. The highest BCUT2D eigenvalue weighted by Crippen LogP contribution is 2.31. The van der Waals surface area contributed by atoms with E-state index in [4.69, 9.17) is 0 Å². The van der Waals surface area contributed by atoms with Gasteiger partial charge in [0.15, 0.2) is 0 Å². The lowest BCUT2D eigenvalue weighted by Crippen LogP contribution is -2.39. The Labute approximate surface area is 157 Å². The normalized spacial score (nSPS) is 16.7. The number of para-hydroxylation sites is 1. The van der Waals surface area contributed by atoms with E-state index in [0.29, 0.717) is 11.8 Å². The molecule has 0 bridgehead atoms. The Hall–Kier alpha value is -3.49. The van der Waals surface area contributed by atoms with Gasteiger partial charge in [0.05, 0.1) is 17.0 Å². The molecule has 1 aliphatic rings. The van der Waals surface area contributed by atoms with Gasteiger partial charge in [0.25, 0.3) is 11.8 Å². The molecule has 0 fully saturated rings. The molecule has 2 aromatic rings. The summed E-state index contributed by atoms with van der Waals surface area (Å²) >= 11 is 0. The number of nitrogens with one attached hydrogen (secondary N) is 1. The van der Waals surface area contributed by atoms with Gasteiger partial charge in [-0.1, -0.05) is 24.3 Å². The summed E-state index contributed by atoms with van der Waals surface area (Å²) < 4.78 is 38.3. The molecule has 144 valence electrons. The molecule has 0 saturated heterocycles. The average Bonchev–Trinajstić information content (AvgIpc) is 2.95. The van der Waals surface area contributed by atoms with Gasteiger partial charge in [-0.25, -0.2) is 0 Å². The van der Waals surface area contributed by atoms with Gasteiger partial charge in [0.2, 0.25) is 5.78 Å². The Morgan fingerprint density at radius 2 is 1.75 bits per heavy atom. The number of nitrogens with zero attached hydrogens (tertiary/aromatic N) is 2. The number of hydrogen-bond acceptors (Lipinski definition) is 4. The van der Waals surface area contributed by atoms with Gasteiger partial charge in [-0.3, -0.25) is 14.4 Å². The van der Waals surface area contributed by atoms with Gasteiger partial charge in [-0.15, -0.1) is 0 Å². The molecule has 1 heterocycles. The maximum absolute atomic E-state index is 12.8. The minimum atomic E-state index is -4.59. The number of hydrazone groups is 1. The molecule has 6 nitrogen and oxygen atoms in total. The molecular formula is C19H14F3N3O3. The smallest absolute Gasteiger partial charge is 0.319 e. The third-order valence-electron chi connectivity index (χ3n) is 4.07. The molecule has 1 N–H and O–H groups in total. The van der Waals surface area contributed by atoms with Crippen molar-refractivity contribution in [2.75, 3.05) is 10.3 Å². The van der Waals surface area contributed by atoms with Crippen LogP contribution in [0.2, 0.25) is 0 Å². The van der Waals surface area contributed by atoms with Crippen molar-refractivity contribution >= 4 is 34.7 Å². The molecule has 3 rings (SSSR count). The first kappa shape index (κ1) is 19.3. The second-order valence-corrected chi connectivity index (χ2v) is 6.06. The first-order chi connectivity index (χ1) is 13.2. The van der Waals surface area contributed by atoms with E-state index in [9.17, 15) is 27.6 Å². The summed E-state index contributed by atoms with van der Waals surface area (Å²) in [6, 6.07) is 12.2. The van der Waals surface area contributed by atoms with Crippen molar-refractivity contribution in [3.05, 3.63) is 60.2 Å². The van der Waals surface area contributed by atoms with E-state index in [1.807, 2.05) is 0 Å². The molecule has 0 radical (unpaired) electrons. The number of carbonyl (C=O) groups excluding carboxylic acids is 3. The SMILES string of the molecule is CC1=NN(c2ccccc2)C(=O)[C@H]1C(=O)C(=O)Nc1cccc(C(F)(F)F)c1. The van der Waals surface area contributed by atoms with E-state index in [1.165, 1.54) is 13.0 Å². The maximum Gasteiger partial charge on any atom is 0.416 e. The number of benzene rings is 2. The Bertz CT molecular complexity index is 971. The van der Waals surface area contributed by atoms with Crippen LogP contribution in [0.5, 0.6) is 0 Å². The van der Waals surface area contributed by atoms with Gasteiger partial charge < -0.3 is 5.32 Å². The molecule has 0 spiro atoms. The van der Waals surface area contributed by atoms with Crippen LogP contribution < -0.4 is 10.3 Å². The van der Waals surface area contributed by atoms with E-state index in [-0.39, 0.29) is 11.4 Å². The highest BCUT2D eigenvalue weighted by atomic mass is 19.4. The fourth-order valence-corrected chi connectivity index (χ4v) is 2.72. The summed E-state index contributed by atoms with van der Waals surface area (Å²) in [5, 5.41) is 7.16. The minimum absolute atomic E-state index is 0.123. The van der Waals surface area contributed by atoms with Crippen molar-refractivity contribution in [3.63, 3.8) is 0 Å². The Morgan fingerprint density at radius 1 is 1.07 bits per heavy atom. The van der Waals surface area contributed by atoms with Crippen molar-refractivity contribution in [1.82, 2.24) is 0 Å². The number of halogens is 3. The van der Waals surface area contributed by atoms with Crippen LogP contribution in [0.4, 0.5) is 24.5 Å². The Kier molecular flexibility index (Phi) is 5.00. The van der Waals surface area contributed by atoms with Crippen LogP contribution in [0.15, 0.2) is 59.7 Å². The molecule has 0 unspecified atom stereocenters. The zero-order valence-electron chi connectivity index (χ0n) is 14.5. The second-order valence-electron chi connectivity index (χ2n) is 6.06. The summed E-state index contributed by atoms with van der Waals surface area (Å²) in [6.45, 7) is 1.43. The van der Waals surface area contributed by atoms with Gasteiger partial charge >= 0.3 is 6.18 Å². The van der Waals surface area contributed by atoms with Gasteiger partial charge in [0.1, 0.15) is 5.92 Å². The highest BCUT2D eigenvalue weighted by molar-refractivity contribution is 6.50. The molecule has 0 aromatic heterocycles. The summed E-state index contributed by atoms with van der Waals surface area (Å²) in [6.07, 6.45) is -4.59. The van der Waals surface area contributed by atoms with E-state index in [1.54, 1.807) is 30.3 Å². The number of amides is 2. The molecular weight excluding hydrogens is 375 g/mol. The monoisotopic (exact) mass is 389 g/mol. The number of anilines is 2. The van der Waals surface area contributed by atoms with Crippen molar-refractivity contribution < 1.29 is 27.6 Å². The van der Waals surface area contributed by atoms with Crippen LogP contribution in [0.1, 0.15) is 12.5 Å². The average molecular weight is 389 g/mol. The second kappa shape index (κ2) is 7.26. The highest BCUT2D eigenvalue weighted by Gasteiger charge is 2.42. The molecule has 2 amide bonds. The number of rotatable bonds is 4. The summed E-state index contributed by atoms with van der Waals surface area (Å²) in [5.74, 6) is -4.41. The van der Waals surface area contributed by atoms with Gasteiger partial charge in [-0.05, 0) is 37.3 Å². The lowest BCUT2D eigenvalue weighted by Gasteiger charge is -2.14. The molecule has 2 aromatic carbocycles. The molecule has 1 atom stereocenters. The van der Waals surface area contributed by atoms with Crippen molar-refractivity contribution in [2.45, 2.75) is 13.1 Å². The van der Waals surface area contributed by atoms with Crippen LogP contribution in [0.25, 0.3) is 0 Å². The van der Waals surface area contributed by atoms with Crippen LogP contribution in [0.3, 0.4) is 0 Å². The fraction of sp³-hybridized carbons (Fsp3) is 0.158. The van der Waals surface area contributed by atoms with Gasteiger partial charge in [0, 0.05) is 5.69 Å². The number of alkyl halides is 3. The molecule has 1 aliphatic heterocycles. The van der Waals surface area contributed by atoms with Crippen molar-refractivity contribution in [2.24, 2.45) is 11.0 Å². The topological polar surface area (TPSA) is 78.8 Å². The first-order valence-corrected chi connectivity index (χ1v) is 8.15. The van der Waals surface area contributed by atoms with Crippen LogP contribution in [-0.4, -0.2) is 23.3 Å². The number of ketones is 1. The van der Waals surface area contributed by atoms with Crippen LogP contribution in [-0.2, 0) is 20.6 Å². The number of hydrogen-bond donors (Lipinski definition) is 1. The Balaban J connectivity index is 1.76. The van der Waals surface area contributed by atoms with E-state index in [0.717, 1.165) is 17.1 Å². The fourth-order valence-electron chi connectivity index (χ4n) is 2.72. The molecule has 0 saturated carbocycles. The zero-order valence-corrected chi connectivity index (χ0v) is 14.5. The van der Waals surface area contributed by atoms with Crippen LogP contribution in [0, 0.1) is 5.92 Å². The third kappa shape index (κ3) is 3.78. The maximum atomic E-state index is 12.8. The Morgan fingerprint density at radius 3 is 2.39 bits per heavy atom. The zero-order chi connectivity index (χ0) is 20.5. The van der Waals surface area contributed by atoms with E-state index in [2.05, 4.69) is 10.4 Å². The quantitative estimate of drug-likeness (QED) is 0.644. The minimum Gasteiger partial charge on any atom is -0.319 e. The third-order valence-corrected chi connectivity index (χ3v) is 4.07. The largest absolute Gasteiger partial charge is 0.416 e. The number of carbonyl (C=O) groups is 3. The van der Waals surface area contributed by atoms with E-state index < -0.39 is 35.3 Å². The van der Waals surface area contributed by atoms with Crippen molar-refractivity contribution in [3.8, 4) is 0 Å². The molecule has 9 heteroatoms. The lowest BCUT2D eigenvalue weighted by molar-refractivity contribution is -0.138. The van der Waals surface area contributed by atoms with E-state index >= 15 is 0 Å². The van der Waals surface area contributed by atoms with Gasteiger partial charge in [-0.2, -0.15) is 23.3 Å². The lowest BCUT2D eigenvalue weighted by atomic mass is 9.98.